The Morgan fingerprint density at radius 2 is 2.35 bits per heavy atom. The van der Waals surface area contributed by atoms with E-state index in [9.17, 15) is 0 Å². The van der Waals surface area contributed by atoms with E-state index in [0.717, 1.165) is 24.1 Å². The molecule has 0 amide bonds. The Bertz CT molecular complexity index is 530. The van der Waals surface area contributed by atoms with E-state index in [0.29, 0.717) is 11.7 Å². The summed E-state index contributed by atoms with van der Waals surface area (Å²) in [5.74, 6) is 1.25. The highest BCUT2D eigenvalue weighted by atomic mass is 32.2. The lowest BCUT2D eigenvalue weighted by Crippen LogP contribution is -2.44. The summed E-state index contributed by atoms with van der Waals surface area (Å²) in [4.78, 5) is 6.66. The Kier molecular flexibility index (Phi) is 2.72. The molecule has 1 aliphatic carbocycles. The van der Waals surface area contributed by atoms with Crippen molar-refractivity contribution in [3.63, 3.8) is 0 Å². The van der Waals surface area contributed by atoms with Gasteiger partial charge in [-0.05, 0) is 37.0 Å². The van der Waals surface area contributed by atoms with Crippen molar-refractivity contribution in [2.24, 2.45) is 5.73 Å². The molecule has 0 aromatic carbocycles. The Balaban J connectivity index is 1.95. The molecule has 0 radical (unpaired) electrons. The number of thiophene rings is 1. The van der Waals surface area contributed by atoms with E-state index >= 15 is 0 Å². The molecule has 0 atom stereocenters. The minimum atomic E-state index is -0.349. The highest BCUT2D eigenvalue weighted by Gasteiger charge is 2.39. The first kappa shape index (κ1) is 11.3. The van der Waals surface area contributed by atoms with Crippen molar-refractivity contribution in [1.82, 2.24) is 10.1 Å². The number of nitrogens with zero attached hydrogens (tertiary/aromatic N) is 2. The highest BCUT2D eigenvalue weighted by Crippen LogP contribution is 2.39. The Hall–Kier alpha value is -0.850. The van der Waals surface area contributed by atoms with Gasteiger partial charge in [0.2, 0.25) is 0 Å². The van der Waals surface area contributed by atoms with Gasteiger partial charge in [0, 0.05) is 4.90 Å². The predicted molar refractivity (Wildman–Crippen MR) is 69.1 cm³/mol. The molecule has 17 heavy (non-hydrogen) atoms. The van der Waals surface area contributed by atoms with E-state index in [1.165, 1.54) is 4.90 Å². The van der Waals surface area contributed by atoms with Crippen molar-refractivity contribution in [3.05, 3.63) is 17.3 Å². The van der Waals surface area contributed by atoms with Gasteiger partial charge in [-0.2, -0.15) is 4.98 Å². The summed E-state index contributed by atoms with van der Waals surface area (Å²) in [5, 5.41) is 6.06. The minimum absolute atomic E-state index is 0.349. The first-order valence-electron chi connectivity index (χ1n) is 5.48. The second-order valence-electron chi connectivity index (χ2n) is 4.25. The molecular formula is C11H13N3OS2. The van der Waals surface area contributed by atoms with Gasteiger partial charge in [0.25, 0.3) is 5.89 Å². The maximum absolute atomic E-state index is 6.17. The summed E-state index contributed by atoms with van der Waals surface area (Å²) in [6.07, 6.45) is 5.09. The average Bonchev–Trinajstić information content (AvgIpc) is 2.93. The standard InChI is InChI=1S/C11H13N3OS2/c1-16-7-3-6-17-8(7)9-13-10(14-15-9)11(12)4-2-5-11/h3,6H,2,4-5,12H2,1H3. The van der Waals surface area contributed by atoms with Crippen LogP contribution < -0.4 is 5.73 Å². The van der Waals surface area contributed by atoms with Crippen molar-refractivity contribution >= 4 is 23.1 Å². The normalized spacial score (nSPS) is 18.0. The minimum Gasteiger partial charge on any atom is -0.333 e. The van der Waals surface area contributed by atoms with Crippen LogP contribution in [0.5, 0.6) is 0 Å². The largest absolute Gasteiger partial charge is 0.333 e. The zero-order chi connectivity index (χ0) is 11.9. The summed E-state index contributed by atoms with van der Waals surface area (Å²) < 4.78 is 5.33. The van der Waals surface area contributed by atoms with Gasteiger partial charge >= 0.3 is 0 Å². The lowest BCUT2D eigenvalue weighted by atomic mass is 9.77. The fourth-order valence-corrected chi connectivity index (χ4v) is 3.58. The van der Waals surface area contributed by atoms with Crippen LogP contribution in [-0.2, 0) is 5.54 Å². The molecule has 3 rings (SSSR count). The topological polar surface area (TPSA) is 64.9 Å². The van der Waals surface area contributed by atoms with Crippen LogP contribution in [0.2, 0.25) is 0 Å². The molecule has 90 valence electrons. The molecule has 1 saturated carbocycles. The third-order valence-electron chi connectivity index (χ3n) is 3.16. The first-order chi connectivity index (χ1) is 8.23. The Morgan fingerprint density at radius 3 is 3.00 bits per heavy atom. The van der Waals surface area contributed by atoms with Crippen molar-refractivity contribution in [2.45, 2.75) is 29.7 Å². The molecule has 6 heteroatoms. The molecule has 0 saturated heterocycles. The SMILES string of the molecule is CSc1ccsc1-c1nc(C2(N)CCC2)no1. The van der Waals surface area contributed by atoms with Crippen LogP contribution in [0.4, 0.5) is 0 Å². The lowest BCUT2D eigenvalue weighted by molar-refractivity contribution is 0.229. The number of rotatable bonds is 3. The van der Waals surface area contributed by atoms with Crippen molar-refractivity contribution in [1.29, 1.82) is 0 Å². The van der Waals surface area contributed by atoms with E-state index in [4.69, 9.17) is 10.3 Å². The fraction of sp³-hybridized carbons (Fsp3) is 0.455. The van der Waals surface area contributed by atoms with Crippen LogP contribution in [0.25, 0.3) is 10.8 Å². The molecule has 2 heterocycles. The van der Waals surface area contributed by atoms with Crippen molar-refractivity contribution in [2.75, 3.05) is 6.26 Å². The Labute approximate surface area is 108 Å². The van der Waals surface area contributed by atoms with E-state index < -0.39 is 0 Å². The van der Waals surface area contributed by atoms with Crippen LogP contribution in [0.1, 0.15) is 25.1 Å². The summed E-state index contributed by atoms with van der Waals surface area (Å²) >= 11 is 3.30. The highest BCUT2D eigenvalue weighted by molar-refractivity contribution is 7.98. The predicted octanol–water partition coefficient (Wildman–Crippen LogP) is 2.86. The van der Waals surface area contributed by atoms with Crippen molar-refractivity contribution < 1.29 is 4.52 Å². The zero-order valence-corrected chi connectivity index (χ0v) is 11.1. The number of thioether (sulfide) groups is 1. The smallest absolute Gasteiger partial charge is 0.269 e. The zero-order valence-electron chi connectivity index (χ0n) is 9.47. The molecule has 4 nitrogen and oxygen atoms in total. The van der Waals surface area contributed by atoms with E-state index in [1.54, 1.807) is 23.1 Å². The molecule has 2 aromatic rings. The van der Waals surface area contributed by atoms with Gasteiger partial charge in [0.15, 0.2) is 5.82 Å². The van der Waals surface area contributed by atoms with Gasteiger partial charge in [0.1, 0.15) is 4.88 Å². The van der Waals surface area contributed by atoms with Gasteiger partial charge in [-0.15, -0.1) is 23.1 Å². The van der Waals surface area contributed by atoms with Crippen molar-refractivity contribution in [3.8, 4) is 10.8 Å². The number of hydrogen-bond acceptors (Lipinski definition) is 6. The summed E-state index contributed by atoms with van der Waals surface area (Å²) in [5.41, 5.74) is 5.83. The molecule has 0 unspecified atom stereocenters. The van der Waals surface area contributed by atoms with E-state index in [1.807, 2.05) is 11.6 Å². The molecule has 0 aliphatic heterocycles. The molecule has 1 fully saturated rings. The number of hydrogen-bond donors (Lipinski definition) is 1. The summed E-state index contributed by atoms with van der Waals surface area (Å²) in [6, 6.07) is 2.07. The van der Waals surface area contributed by atoms with Crippen LogP contribution >= 0.6 is 23.1 Å². The summed E-state index contributed by atoms with van der Waals surface area (Å²) in [6.45, 7) is 0. The van der Waals surface area contributed by atoms with Gasteiger partial charge in [-0.1, -0.05) is 5.16 Å². The second-order valence-corrected chi connectivity index (χ2v) is 6.02. The quantitative estimate of drug-likeness (QED) is 0.866. The maximum atomic E-state index is 6.17. The van der Waals surface area contributed by atoms with Gasteiger partial charge in [-0.3, -0.25) is 0 Å². The van der Waals surface area contributed by atoms with E-state index in [2.05, 4.69) is 16.2 Å². The van der Waals surface area contributed by atoms with Gasteiger partial charge in [0.05, 0.1) is 5.54 Å². The fourth-order valence-electron chi connectivity index (χ4n) is 1.91. The third-order valence-corrected chi connectivity index (χ3v) is 4.97. The average molecular weight is 267 g/mol. The molecule has 0 bridgehead atoms. The molecular weight excluding hydrogens is 254 g/mol. The molecule has 2 N–H and O–H groups in total. The Morgan fingerprint density at radius 1 is 1.53 bits per heavy atom. The second kappa shape index (κ2) is 4.12. The monoisotopic (exact) mass is 267 g/mol. The molecule has 2 aromatic heterocycles. The third kappa shape index (κ3) is 1.80. The van der Waals surface area contributed by atoms with Crippen LogP contribution in [0.3, 0.4) is 0 Å². The molecule has 1 aliphatic rings. The van der Waals surface area contributed by atoms with Crippen LogP contribution in [-0.4, -0.2) is 16.4 Å². The first-order valence-corrected chi connectivity index (χ1v) is 7.58. The van der Waals surface area contributed by atoms with Gasteiger partial charge < -0.3 is 10.3 Å². The maximum Gasteiger partial charge on any atom is 0.269 e. The molecule has 0 spiro atoms. The van der Waals surface area contributed by atoms with Gasteiger partial charge in [-0.25, -0.2) is 0 Å². The summed E-state index contributed by atoms with van der Waals surface area (Å²) in [7, 11) is 0. The van der Waals surface area contributed by atoms with Crippen LogP contribution in [0.15, 0.2) is 20.9 Å². The lowest BCUT2D eigenvalue weighted by Gasteiger charge is -2.34. The number of aromatic nitrogens is 2. The number of nitrogens with two attached hydrogens (primary N) is 1. The van der Waals surface area contributed by atoms with Crippen LogP contribution in [0, 0.1) is 0 Å². The van der Waals surface area contributed by atoms with E-state index in [-0.39, 0.29) is 5.54 Å².